The van der Waals surface area contributed by atoms with Crippen molar-refractivity contribution in [3.63, 3.8) is 0 Å². The standard InChI is InChI=1S/C52H28F3N5O/c53-52(54,55)38-28-37(51-57-49(29-15-3-1-4-16-29)56-50(58-51)30-17-5-2-6-18-30)48-44(34-22-10-14-26-42(34)61-48)47(38)60-40-24-12-8-20-32(40)36-27-35-31-19-7-11-23-39(31)59-41-25-13-9-21-33(41)43(45(35)59)46(36)60/h1-28H. The van der Waals surface area contributed by atoms with Crippen LogP contribution in [-0.2, 0) is 6.18 Å². The van der Waals surface area contributed by atoms with Gasteiger partial charge in [-0.15, -0.1) is 0 Å². The van der Waals surface area contributed by atoms with E-state index >= 15 is 13.2 Å². The third-order valence-electron chi connectivity index (χ3n) is 12.1. The van der Waals surface area contributed by atoms with Gasteiger partial charge in [-0.05, 0) is 36.4 Å². The summed E-state index contributed by atoms with van der Waals surface area (Å²) in [6, 6.07) is 53.5. The van der Waals surface area contributed by atoms with E-state index in [2.05, 4.69) is 34.7 Å². The highest BCUT2D eigenvalue weighted by atomic mass is 19.4. The second kappa shape index (κ2) is 12.2. The van der Waals surface area contributed by atoms with Gasteiger partial charge in [0, 0.05) is 48.8 Å². The van der Waals surface area contributed by atoms with E-state index in [1.807, 2.05) is 132 Å². The van der Waals surface area contributed by atoms with Crippen LogP contribution in [0.4, 0.5) is 13.2 Å². The summed E-state index contributed by atoms with van der Waals surface area (Å²) in [4.78, 5) is 14.6. The van der Waals surface area contributed by atoms with E-state index in [0.717, 1.165) is 48.9 Å². The van der Waals surface area contributed by atoms with Crippen LogP contribution in [0.25, 0.3) is 122 Å². The van der Waals surface area contributed by atoms with Crippen LogP contribution in [0.15, 0.2) is 174 Å². The summed E-state index contributed by atoms with van der Waals surface area (Å²) in [6.07, 6.45) is -4.83. The number of rotatable bonds is 4. The maximum atomic E-state index is 16.4. The first-order valence-electron chi connectivity index (χ1n) is 19.9. The van der Waals surface area contributed by atoms with Gasteiger partial charge in [-0.2, -0.15) is 13.2 Å². The molecule has 288 valence electrons. The molecule has 0 aliphatic heterocycles. The summed E-state index contributed by atoms with van der Waals surface area (Å²) in [5.41, 5.74) is 5.64. The minimum Gasteiger partial charge on any atom is -0.455 e. The van der Waals surface area contributed by atoms with Crippen LogP contribution in [0.1, 0.15) is 5.56 Å². The Balaban J connectivity index is 1.23. The molecule has 13 aromatic rings. The Morgan fingerprint density at radius 2 is 0.951 bits per heavy atom. The average molecular weight is 796 g/mol. The highest BCUT2D eigenvalue weighted by Gasteiger charge is 2.39. The van der Waals surface area contributed by atoms with Crippen LogP contribution in [0.3, 0.4) is 0 Å². The van der Waals surface area contributed by atoms with Gasteiger partial charge in [0.25, 0.3) is 0 Å². The van der Waals surface area contributed by atoms with Crippen molar-refractivity contribution >= 4 is 81.8 Å². The lowest BCUT2D eigenvalue weighted by molar-refractivity contribution is -0.137. The number of aromatic nitrogens is 5. The number of furan rings is 1. The predicted molar refractivity (Wildman–Crippen MR) is 237 cm³/mol. The molecule has 9 heteroatoms. The van der Waals surface area contributed by atoms with Gasteiger partial charge in [-0.25, -0.2) is 15.0 Å². The zero-order valence-electron chi connectivity index (χ0n) is 31.9. The molecule has 0 saturated carbocycles. The molecule has 61 heavy (non-hydrogen) atoms. The van der Waals surface area contributed by atoms with Crippen LogP contribution < -0.4 is 0 Å². The normalized spacial score (nSPS) is 12.5. The maximum absolute atomic E-state index is 16.4. The lowest BCUT2D eigenvalue weighted by Gasteiger charge is -2.19. The van der Waals surface area contributed by atoms with Crippen molar-refractivity contribution < 1.29 is 17.6 Å². The number of para-hydroxylation sites is 4. The van der Waals surface area contributed by atoms with Crippen molar-refractivity contribution in [1.29, 1.82) is 0 Å². The third-order valence-corrected chi connectivity index (χ3v) is 12.1. The van der Waals surface area contributed by atoms with Gasteiger partial charge in [-0.3, -0.25) is 0 Å². The third kappa shape index (κ3) is 4.71. The summed E-state index contributed by atoms with van der Waals surface area (Å²) >= 11 is 0. The lowest BCUT2D eigenvalue weighted by Crippen LogP contribution is -2.12. The fourth-order valence-electron chi connectivity index (χ4n) is 9.62. The molecule has 0 fully saturated rings. The fraction of sp³-hybridized carbons (Fsp3) is 0.0192. The molecule has 0 spiro atoms. The van der Waals surface area contributed by atoms with Crippen molar-refractivity contribution in [2.45, 2.75) is 6.18 Å². The van der Waals surface area contributed by atoms with Crippen LogP contribution in [-0.4, -0.2) is 23.9 Å². The van der Waals surface area contributed by atoms with Crippen molar-refractivity contribution in [1.82, 2.24) is 23.9 Å². The smallest absolute Gasteiger partial charge is 0.418 e. The van der Waals surface area contributed by atoms with Crippen molar-refractivity contribution in [2.75, 3.05) is 0 Å². The molecule has 6 nitrogen and oxygen atoms in total. The summed E-state index contributed by atoms with van der Waals surface area (Å²) in [7, 11) is 0. The number of nitrogens with zero attached hydrogens (tertiary/aromatic N) is 5. The summed E-state index contributed by atoms with van der Waals surface area (Å²) in [6.45, 7) is 0. The number of alkyl halides is 3. The van der Waals surface area contributed by atoms with E-state index in [-0.39, 0.29) is 22.7 Å². The first-order valence-corrected chi connectivity index (χ1v) is 19.9. The second-order valence-corrected chi connectivity index (χ2v) is 15.4. The van der Waals surface area contributed by atoms with Gasteiger partial charge in [0.05, 0.1) is 49.8 Å². The average Bonchev–Trinajstić information content (AvgIpc) is 4.04. The molecule has 0 bridgehead atoms. The Bertz CT molecular complexity index is 3860. The molecule has 13 rings (SSSR count). The Morgan fingerprint density at radius 3 is 1.61 bits per heavy atom. The number of benzene rings is 8. The van der Waals surface area contributed by atoms with Gasteiger partial charge < -0.3 is 13.4 Å². The van der Waals surface area contributed by atoms with Crippen LogP contribution >= 0.6 is 0 Å². The number of fused-ring (bicyclic) bond motifs is 13. The van der Waals surface area contributed by atoms with Gasteiger partial charge >= 0.3 is 6.18 Å². The second-order valence-electron chi connectivity index (χ2n) is 15.4. The molecule has 0 radical (unpaired) electrons. The minimum atomic E-state index is -4.83. The Hall–Kier alpha value is -8.04. The summed E-state index contributed by atoms with van der Waals surface area (Å²) < 4.78 is 59.9. The molecule has 0 N–H and O–H groups in total. The predicted octanol–water partition coefficient (Wildman–Crippen LogP) is 14.0. The largest absolute Gasteiger partial charge is 0.455 e. The quantitative estimate of drug-likeness (QED) is 0.178. The molecule has 8 aromatic carbocycles. The van der Waals surface area contributed by atoms with E-state index in [0.29, 0.717) is 50.2 Å². The molecule has 0 saturated heterocycles. The highest BCUT2D eigenvalue weighted by molar-refractivity contribution is 6.34. The van der Waals surface area contributed by atoms with Gasteiger partial charge in [-0.1, -0.05) is 133 Å². The first kappa shape index (κ1) is 33.9. The fourth-order valence-corrected chi connectivity index (χ4v) is 9.62. The summed E-state index contributed by atoms with van der Waals surface area (Å²) in [5.74, 6) is 0.722. The Kier molecular flexibility index (Phi) is 6.80. The van der Waals surface area contributed by atoms with E-state index in [9.17, 15) is 0 Å². The molecule has 0 amide bonds. The topological polar surface area (TPSA) is 61.2 Å². The molecular weight excluding hydrogens is 768 g/mol. The maximum Gasteiger partial charge on any atom is 0.418 e. The van der Waals surface area contributed by atoms with E-state index < -0.39 is 11.7 Å². The number of halogens is 3. The molecule has 5 heterocycles. The van der Waals surface area contributed by atoms with E-state index in [1.165, 1.54) is 6.07 Å². The zero-order chi connectivity index (χ0) is 40.6. The SMILES string of the molecule is FC(F)(F)c1cc(-c2nc(-c3ccccc3)nc(-c3ccccc3)n2)c2oc3ccccc3c2c1-n1c2ccccc2c2cc3c4ccccc4n4c5ccccc5c(c21)c34. The van der Waals surface area contributed by atoms with Gasteiger partial charge in [0.1, 0.15) is 11.2 Å². The number of hydrogen-bond donors (Lipinski definition) is 0. The minimum absolute atomic E-state index is 0.0225. The Morgan fingerprint density at radius 1 is 0.443 bits per heavy atom. The van der Waals surface area contributed by atoms with Crippen molar-refractivity contribution in [2.24, 2.45) is 0 Å². The van der Waals surface area contributed by atoms with E-state index in [4.69, 9.17) is 19.4 Å². The molecule has 0 unspecified atom stereocenters. The zero-order valence-corrected chi connectivity index (χ0v) is 31.9. The van der Waals surface area contributed by atoms with Crippen LogP contribution in [0.2, 0.25) is 0 Å². The molecule has 0 atom stereocenters. The first-order chi connectivity index (χ1) is 29.9. The Labute approximate surface area is 343 Å². The van der Waals surface area contributed by atoms with Gasteiger partial charge in [0.15, 0.2) is 17.5 Å². The highest BCUT2D eigenvalue weighted by Crippen LogP contribution is 2.51. The monoisotopic (exact) mass is 795 g/mol. The van der Waals surface area contributed by atoms with Gasteiger partial charge in [0.2, 0.25) is 0 Å². The number of hydrogen-bond acceptors (Lipinski definition) is 4. The molecular formula is C52H28F3N5O. The summed E-state index contributed by atoms with van der Waals surface area (Å²) in [5, 5.41) is 6.50. The van der Waals surface area contributed by atoms with Crippen molar-refractivity contribution in [3.8, 4) is 39.9 Å². The van der Waals surface area contributed by atoms with Crippen LogP contribution in [0.5, 0.6) is 0 Å². The molecule has 0 aliphatic carbocycles. The van der Waals surface area contributed by atoms with Crippen LogP contribution in [0, 0.1) is 0 Å². The van der Waals surface area contributed by atoms with Crippen molar-refractivity contribution in [3.05, 3.63) is 175 Å². The lowest BCUT2D eigenvalue weighted by atomic mass is 9.99. The molecule has 5 aromatic heterocycles. The molecule has 0 aliphatic rings. The van der Waals surface area contributed by atoms with E-state index in [1.54, 1.807) is 6.07 Å².